The summed E-state index contributed by atoms with van der Waals surface area (Å²) < 4.78 is 0. The number of Topliss-reactive ketones (excluding diaryl/α,β-unsaturated/α-hetero) is 2. The van der Waals surface area contributed by atoms with E-state index in [2.05, 4.69) is 20.1 Å². The predicted molar refractivity (Wildman–Crippen MR) is 107 cm³/mol. The molecule has 138 valence electrons. The van der Waals surface area contributed by atoms with E-state index in [1.807, 2.05) is 11.8 Å². The van der Waals surface area contributed by atoms with Crippen LogP contribution in [0.1, 0.15) is 65.2 Å². The first-order valence-electron chi connectivity index (χ1n) is 9.83. The Hall–Kier alpha value is -0.220. The molecule has 0 bridgehead atoms. The van der Waals surface area contributed by atoms with Gasteiger partial charge in [0.25, 0.3) is 0 Å². The number of carbonyl (C=O) groups is 2. The average molecular weight is 379 g/mol. The van der Waals surface area contributed by atoms with Crippen molar-refractivity contribution < 1.29 is 9.59 Å². The summed E-state index contributed by atoms with van der Waals surface area (Å²) in [6.45, 7) is 4.70. The highest BCUT2D eigenvalue weighted by atomic mass is 32.2. The Kier molecular flexibility index (Phi) is 4.68. The van der Waals surface area contributed by atoms with Crippen LogP contribution in [0.4, 0.5) is 0 Å². The quantitative estimate of drug-likeness (QED) is 0.610. The Bertz CT molecular complexity index is 640. The normalized spacial score (nSPS) is 43.7. The fourth-order valence-corrected chi connectivity index (χ4v) is 8.44. The van der Waals surface area contributed by atoms with Gasteiger partial charge in [-0.2, -0.15) is 11.8 Å². The molecule has 3 fully saturated rings. The number of thioether (sulfide) groups is 2. The molecule has 0 N–H and O–H groups in total. The largest absolute Gasteiger partial charge is 0.299 e. The minimum atomic E-state index is -0.0420. The van der Waals surface area contributed by atoms with E-state index >= 15 is 0 Å². The molecule has 4 heteroatoms. The van der Waals surface area contributed by atoms with E-state index in [4.69, 9.17) is 0 Å². The van der Waals surface area contributed by atoms with E-state index < -0.39 is 0 Å². The molecule has 0 heterocycles. The van der Waals surface area contributed by atoms with Crippen molar-refractivity contribution in [1.82, 2.24) is 0 Å². The lowest BCUT2D eigenvalue weighted by molar-refractivity contribution is -0.132. The van der Waals surface area contributed by atoms with Gasteiger partial charge in [0.05, 0.1) is 4.91 Å². The van der Waals surface area contributed by atoms with E-state index in [9.17, 15) is 9.59 Å². The van der Waals surface area contributed by atoms with Gasteiger partial charge in [-0.3, -0.25) is 9.59 Å². The summed E-state index contributed by atoms with van der Waals surface area (Å²) in [4.78, 5) is 26.2. The number of carbonyl (C=O) groups excluding carboxylic acids is 2. The molecule has 0 aromatic carbocycles. The summed E-state index contributed by atoms with van der Waals surface area (Å²) in [5.74, 6) is 2.88. The maximum Gasteiger partial charge on any atom is 0.169 e. The summed E-state index contributed by atoms with van der Waals surface area (Å²) in [6.07, 6.45) is 10.3. The van der Waals surface area contributed by atoms with Gasteiger partial charge < -0.3 is 0 Å². The molecule has 25 heavy (non-hydrogen) atoms. The van der Waals surface area contributed by atoms with Crippen LogP contribution >= 0.6 is 23.5 Å². The van der Waals surface area contributed by atoms with E-state index in [1.54, 1.807) is 11.8 Å². The summed E-state index contributed by atoms with van der Waals surface area (Å²) >= 11 is 3.60. The Morgan fingerprint density at radius 1 is 0.960 bits per heavy atom. The summed E-state index contributed by atoms with van der Waals surface area (Å²) in [6, 6.07) is 0. The van der Waals surface area contributed by atoms with Gasteiger partial charge >= 0.3 is 0 Å². The van der Waals surface area contributed by atoms with Crippen LogP contribution < -0.4 is 0 Å². The third-order valence-electron chi connectivity index (χ3n) is 8.10. The maximum absolute atomic E-state index is 12.6. The van der Waals surface area contributed by atoms with Gasteiger partial charge in [0.15, 0.2) is 5.78 Å². The first-order chi connectivity index (χ1) is 11.9. The Labute approximate surface area is 160 Å². The van der Waals surface area contributed by atoms with Crippen molar-refractivity contribution in [2.24, 2.45) is 28.6 Å². The number of hydrogen-bond donors (Lipinski definition) is 0. The highest BCUT2D eigenvalue weighted by Gasteiger charge is 2.59. The van der Waals surface area contributed by atoms with Crippen LogP contribution in [-0.2, 0) is 9.59 Å². The zero-order valence-corrected chi connectivity index (χ0v) is 17.4. The monoisotopic (exact) mass is 378 g/mol. The van der Waals surface area contributed by atoms with Crippen LogP contribution in [0.3, 0.4) is 0 Å². The van der Waals surface area contributed by atoms with Crippen LogP contribution in [0, 0.1) is 28.6 Å². The first-order valence-corrected chi connectivity index (χ1v) is 12.2. The molecule has 0 aromatic rings. The van der Waals surface area contributed by atoms with Gasteiger partial charge in [0.2, 0.25) is 0 Å². The molecule has 0 amide bonds. The fraction of sp³-hybridized carbons (Fsp3) is 0.810. The molecular formula is C21H30O2S2. The topological polar surface area (TPSA) is 34.1 Å². The average Bonchev–Trinajstić information content (AvgIpc) is 2.90. The van der Waals surface area contributed by atoms with Gasteiger partial charge in [0, 0.05) is 23.3 Å². The molecular weight excluding hydrogens is 348 g/mol. The summed E-state index contributed by atoms with van der Waals surface area (Å²) in [5.41, 5.74) is 1.64. The molecule has 4 rings (SSSR count). The predicted octanol–water partition coefficient (Wildman–Crippen LogP) is 5.47. The zero-order chi connectivity index (χ0) is 17.8. The highest BCUT2D eigenvalue weighted by Crippen LogP contribution is 2.65. The van der Waals surface area contributed by atoms with Gasteiger partial charge in [-0.15, -0.1) is 11.8 Å². The summed E-state index contributed by atoms with van der Waals surface area (Å²) in [7, 11) is 0. The minimum absolute atomic E-state index is 0.0420. The Balaban J connectivity index is 1.69. The second kappa shape index (κ2) is 6.44. The highest BCUT2D eigenvalue weighted by molar-refractivity contribution is 8.18. The van der Waals surface area contributed by atoms with Gasteiger partial charge in [-0.1, -0.05) is 13.8 Å². The van der Waals surface area contributed by atoms with Crippen LogP contribution in [0.5, 0.6) is 0 Å². The van der Waals surface area contributed by atoms with Crippen molar-refractivity contribution in [2.45, 2.75) is 65.2 Å². The molecule has 0 spiro atoms. The van der Waals surface area contributed by atoms with Crippen molar-refractivity contribution in [3.05, 3.63) is 10.5 Å². The molecule has 4 aliphatic carbocycles. The van der Waals surface area contributed by atoms with Crippen LogP contribution in [-0.4, -0.2) is 22.9 Å². The van der Waals surface area contributed by atoms with Crippen LogP contribution in [0.15, 0.2) is 10.5 Å². The molecule has 3 saturated carbocycles. The smallest absolute Gasteiger partial charge is 0.169 e. The van der Waals surface area contributed by atoms with Crippen LogP contribution in [0.2, 0.25) is 0 Å². The van der Waals surface area contributed by atoms with Crippen molar-refractivity contribution in [2.75, 3.05) is 11.3 Å². The third-order valence-corrected chi connectivity index (χ3v) is 10.3. The molecule has 4 aliphatic rings. The fourth-order valence-electron chi connectivity index (χ4n) is 6.72. The number of ketones is 2. The van der Waals surface area contributed by atoms with E-state index in [1.165, 1.54) is 18.4 Å². The molecule has 5 atom stereocenters. The number of fused-ring (bicyclic) bond motifs is 5. The number of allylic oxidation sites excluding steroid dienone is 1. The molecule has 2 nitrogen and oxygen atoms in total. The molecule has 0 unspecified atom stereocenters. The second-order valence-corrected chi connectivity index (χ2v) is 11.2. The Morgan fingerprint density at radius 3 is 2.48 bits per heavy atom. The van der Waals surface area contributed by atoms with Crippen molar-refractivity contribution in [1.29, 1.82) is 0 Å². The van der Waals surface area contributed by atoms with Crippen molar-refractivity contribution in [3.8, 4) is 0 Å². The van der Waals surface area contributed by atoms with Gasteiger partial charge in [-0.05, 0) is 73.5 Å². The maximum atomic E-state index is 12.6. The second-order valence-electron chi connectivity index (χ2n) is 9.03. The lowest BCUT2D eigenvalue weighted by atomic mass is 9.47. The van der Waals surface area contributed by atoms with Gasteiger partial charge in [0.1, 0.15) is 5.78 Å². The lowest BCUT2D eigenvalue weighted by Gasteiger charge is -2.57. The standard InChI is InChI=1S/C21H30O2S2/c1-20-11-9-17(22)19(25-12-24-3)16(20)5-4-13-14-6-7-18(23)21(14,2)10-8-15(13)20/h13-15H,4-12H2,1-3H3/t13-,14-,15-,20+,21-/m0/s1. The lowest BCUT2D eigenvalue weighted by Crippen LogP contribution is -2.51. The Morgan fingerprint density at radius 2 is 1.72 bits per heavy atom. The minimum Gasteiger partial charge on any atom is -0.299 e. The zero-order valence-electron chi connectivity index (χ0n) is 15.7. The molecule has 0 aliphatic heterocycles. The SMILES string of the molecule is CSCSC1=C2CC[C@@H]3[C@H](CC[C@]4(C)C(=O)CC[C@@H]34)[C@@]2(C)CCC1=O. The van der Waals surface area contributed by atoms with E-state index in [-0.39, 0.29) is 10.8 Å². The van der Waals surface area contributed by atoms with Crippen molar-refractivity contribution >= 4 is 35.1 Å². The molecule has 0 radical (unpaired) electrons. The molecule has 0 saturated heterocycles. The van der Waals surface area contributed by atoms with E-state index in [0.29, 0.717) is 29.3 Å². The van der Waals surface area contributed by atoms with Crippen molar-refractivity contribution in [3.63, 3.8) is 0 Å². The third kappa shape index (κ3) is 2.61. The molecule has 0 aromatic heterocycles. The number of hydrogen-bond acceptors (Lipinski definition) is 4. The first kappa shape index (κ1) is 18.2. The number of rotatable bonds is 3. The summed E-state index contributed by atoms with van der Waals surface area (Å²) in [5, 5.41) is 0.976. The van der Waals surface area contributed by atoms with Crippen LogP contribution in [0.25, 0.3) is 0 Å². The van der Waals surface area contributed by atoms with E-state index in [0.717, 1.165) is 48.5 Å². The van der Waals surface area contributed by atoms with Gasteiger partial charge in [-0.25, -0.2) is 0 Å².